The molecule has 7 nitrogen and oxygen atoms in total. The molecule has 2 N–H and O–H groups in total. The molecule has 4 rings (SSSR count). The lowest BCUT2D eigenvalue weighted by Crippen LogP contribution is -2.51. The molecule has 7 heteroatoms. The summed E-state index contributed by atoms with van der Waals surface area (Å²) in [6.45, 7) is 6.20. The van der Waals surface area contributed by atoms with Crippen molar-refractivity contribution in [3.8, 4) is 0 Å². The first-order valence-corrected chi connectivity index (χ1v) is 10.0. The summed E-state index contributed by atoms with van der Waals surface area (Å²) in [6, 6.07) is 0. The standard InChI is InChI=1S/C19H31N5O2/c1-22-10-12-23(13-11-22)14-19(26)6-3-8-24(9-7-19)18(25)17-15-4-2-5-16(15)20-21-17/h26H,2-14H2,1H3,(H,20,21). The van der Waals surface area contributed by atoms with Gasteiger partial charge >= 0.3 is 0 Å². The van der Waals surface area contributed by atoms with Gasteiger partial charge in [-0.2, -0.15) is 5.10 Å². The number of aryl methyl sites for hydroxylation is 1. The second-order valence-corrected chi connectivity index (χ2v) is 8.33. The van der Waals surface area contributed by atoms with Gasteiger partial charge in [-0.25, -0.2) is 0 Å². The van der Waals surface area contributed by atoms with Crippen LogP contribution in [-0.4, -0.2) is 94.4 Å². The number of aromatic nitrogens is 2. The zero-order chi connectivity index (χ0) is 18.1. The lowest BCUT2D eigenvalue weighted by Gasteiger charge is -2.38. The number of carbonyl (C=O) groups is 1. The molecule has 1 unspecified atom stereocenters. The molecule has 3 heterocycles. The van der Waals surface area contributed by atoms with E-state index in [1.165, 1.54) is 0 Å². The third-order valence-electron chi connectivity index (χ3n) is 6.33. The molecule has 1 aliphatic carbocycles. The maximum absolute atomic E-state index is 13.0. The second kappa shape index (κ2) is 7.29. The van der Waals surface area contributed by atoms with Gasteiger partial charge in [0.25, 0.3) is 5.91 Å². The van der Waals surface area contributed by atoms with Gasteiger partial charge in [-0.1, -0.05) is 0 Å². The van der Waals surface area contributed by atoms with E-state index < -0.39 is 5.60 Å². The molecular formula is C19H31N5O2. The summed E-state index contributed by atoms with van der Waals surface area (Å²) >= 11 is 0. The van der Waals surface area contributed by atoms with Crippen LogP contribution in [0.15, 0.2) is 0 Å². The van der Waals surface area contributed by atoms with E-state index in [0.717, 1.165) is 76.1 Å². The Morgan fingerprint density at radius 2 is 1.92 bits per heavy atom. The summed E-state index contributed by atoms with van der Waals surface area (Å²) in [7, 11) is 2.15. The Kier molecular flexibility index (Phi) is 5.03. The minimum atomic E-state index is -0.682. The molecular weight excluding hydrogens is 330 g/mol. The van der Waals surface area contributed by atoms with Crippen molar-refractivity contribution in [3.05, 3.63) is 17.0 Å². The van der Waals surface area contributed by atoms with Crippen molar-refractivity contribution in [2.45, 2.75) is 44.1 Å². The highest BCUT2D eigenvalue weighted by atomic mass is 16.3. The Bertz CT molecular complexity index is 652. The van der Waals surface area contributed by atoms with Crippen LogP contribution in [-0.2, 0) is 12.8 Å². The number of aliphatic hydroxyl groups is 1. The number of likely N-dealkylation sites (tertiary alicyclic amines) is 1. The van der Waals surface area contributed by atoms with Crippen LogP contribution in [0.2, 0.25) is 0 Å². The molecule has 2 saturated heterocycles. The molecule has 0 bridgehead atoms. The lowest BCUT2D eigenvalue weighted by molar-refractivity contribution is -0.0179. The molecule has 26 heavy (non-hydrogen) atoms. The van der Waals surface area contributed by atoms with E-state index in [9.17, 15) is 9.90 Å². The summed E-state index contributed by atoms with van der Waals surface area (Å²) < 4.78 is 0. The second-order valence-electron chi connectivity index (χ2n) is 8.33. The first-order valence-electron chi connectivity index (χ1n) is 10.0. The monoisotopic (exact) mass is 361 g/mol. The number of nitrogens with zero attached hydrogens (tertiary/aromatic N) is 4. The molecule has 1 amide bonds. The fourth-order valence-corrected chi connectivity index (χ4v) is 4.61. The van der Waals surface area contributed by atoms with Gasteiger partial charge in [0.1, 0.15) is 0 Å². The normalized spacial score (nSPS) is 28.2. The van der Waals surface area contributed by atoms with Crippen LogP contribution in [0.5, 0.6) is 0 Å². The molecule has 3 aliphatic rings. The van der Waals surface area contributed by atoms with Crippen LogP contribution in [0.4, 0.5) is 0 Å². The minimum absolute atomic E-state index is 0.0354. The molecule has 0 aromatic carbocycles. The quantitative estimate of drug-likeness (QED) is 0.820. The van der Waals surface area contributed by atoms with Crippen LogP contribution in [0.1, 0.15) is 47.4 Å². The van der Waals surface area contributed by atoms with E-state index in [4.69, 9.17) is 0 Å². The van der Waals surface area contributed by atoms with E-state index in [0.29, 0.717) is 25.2 Å². The lowest BCUT2D eigenvalue weighted by atomic mass is 9.94. The van der Waals surface area contributed by atoms with Crippen LogP contribution >= 0.6 is 0 Å². The molecule has 0 saturated carbocycles. The van der Waals surface area contributed by atoms with Crippen LogP contribution in [0, 0.1) is 0 Å². The number of carbonyl (C=O) groups excluding carboxylic acids is 1. The maximum Gasteiger partial charge on any atom is 0.274 e. The highest BCUT2D eigenvalue weighted by molar-refractivity contribution is 5.94. The van der Waals surface area contributed by atoms with Gasteiger partial charge in [-0.3, -0.25) is 14.8 Å². The van der Waals surface area contributed by atoms with E-state index in [1.807, 2.05) is 4.90 Å². The summed E-state index contributed by atoms with van der Waals surface area (Å²) in [5, 5.41) is 18.5. The van der Waals surface area contributed by atoms with Gasteiger partial charge in [-0.05, 0) is 45.6 Å². The van der Waals surface area contributed by atoms with E-state index in [-0.39, 0.29) is 5.91 Å². The number of hydrogen-bond acceptors (Lipinski definition) is 5. The predicted molar refractivity (Wildman–Crippen MR) is 99.3 cm³/mol. The Balaban J connectivity index is 1.37. The molecule has 144 valence electrons. The third-order valence-corrected chi connectivity index (χ3v) is 6.33. The van der Waals surface area contributed by atoms with Crippen molar-refractivity contribution < 1.29 is 9.90 Å². The van der Waals surface area contributed by atoms with Crippen LogP contribution < -0.4 is 0 Å². The summed E-state index contributed by atoms with van der Waals surface area (Å²) in [5.74, 6) is 0.0354. The number of β-amino-alcohol motifs (C(OH)–C–C–N with tert-alkyl or cyclic N) is 1. The van der Waals surface area contributed by atoms with Crippen molar-refractivity contribution in [2.75, 3.05) is 52.9 Å². The van der Waals surface area contributed by atoms with Gasteiger partial charge in [0.15, 0.2) is 5.69 Å². The first-order chi connectivity index (χ1) is 12.5. The average Bonchev–Trinajstić information content (AvgIpc) is 3.18. The Morgan fingerprint density at radius 1 is 1.12 bits per heavy atom. The summed E-state index contributed by atoms with van der Waals surface area (Å²) in [5.41, 5.74) is 2.18. The molecule has 1 aromatic heterocycles. The zero-order valence-electron chi connectivity index (χ0n) is 15.8. The number of hydrogen-bond donors (Lipinski definition) is 2. The van der Waals surface area contributed by atoms with Gasteiger partial charge in [0, 0.05) is 57.1 Å². The molecule has 1 aromatic rings. The van der Waals surface area contributed by atoms with Gasteiger partial charge in [0.05, 0.1) is 5.60 Å². The number of piperazine rings is 1. The predicted octanol–water partition coefficient (Wildman–Crippen LogP) is 0.503. The topological polar surface area (TPSA) is 75.7 Å². The largest absolute Gasteiger partial charge is 0.388 e. The number of rotatable bonds is 3. The summed E-state index contributed by atoms with van der Waals surface area (Å²) in [4.78, 5) is 19.6. The van der Waals surface area contributed by atoms with Crippen molar-refractivity contribution in [1.29, 1.82) is 0 Å². The van der Waals surface area contributed by atoms with Crippen molar-refractivity contribution in [2.24, 2.45) is 0 Å². The number of H-pyrrole nitrogens is 1. The number of nitrogens with one attached hydrogen (secondary N) is 1. The van der Waals surface area contributed by atoms with E-state index in [2.05, 4.69) is 27.0 Å². The smallest absolute Gasteiger partial charge is 0.274 e. The highest BCUT2D eigenvalue weighted by Crippen LogP contribution is 2.27. The number of aromatic amines is 1. The van der Waals surface area contributed by atoms with E-state index in [1.54, 1.807) is 0 Å². The molecule has 2 fully saturated rings. The molecule has 0 radical (unpaired) electrons. The fourth-order valence-electron chi connectivity index (χ4n) is 4.61. The Morgan fingerprint density at radius 3 is 2.73 bits per heavy atom. The SMILES string of the molecule is CN1CCN(CC2(O)CCCN(C(=O)c3n[nH]c4c3CCC4)CC2)CC1. The molecule has 0 spiro atoms. The third kappa shape index (κ3) is 3.66. The molecule has 2 aliphatic heterocycles. The van der Waals surface area contributed by atoms with Crippen molar-refractivity contribution in [3.63, 3.8) is 0 Å². The number of amides is 1. The van der Waals surface area contributed by atoms with E-state index >= 15 is 0 Å². The Labute approximate surface area is 155 Å². The van der Waals surface area contributed by atoms with Gasteiger partial charge in [-0.15, -0.1) is 0 Å². The highest BCUT2D eigenvalue weighted by Gasteiger charge is 2.35. The zero-order valence-corrected chi connectivity index (χ0v) is 15.8. The molecule has 1 atom stereocenters. The first kappa shape index (κ1) is 17.9. The van der Waals surface area contributed by atoms with Crippen molar-refractivity contribution >= 4 is 5.91 Å². The Hall–Kier alpha value is -1.44. The number of fused-ring (bicyclic) bond motifs is 1. The van der Waals surface area contributed by atoms with Crippen LogP contribution in [0.25, 0.3) is 0 Å². The maximum atomic E-state index is 13.0. The average molecular weight is 361 g/mol. The van der Waals surface area contributed by atoms with Crippen LogP contribution in [0.3, 0.4) is 0 Å². The van der Waals surface area contributed by atoms with Gasteiger partial charge < -0.3 is 14.9 Å². The minimum Gasteiger partial charge on any atom is -0.388 e. The summed E-state index contributed by atoms with van der Waals surface area (Å²) in [6.07, 6.45) is 5.32. The number of likely N-dealkylation sites (N-methyl/N-ethyl adjacent to an activating group) is 1. The van der Waals surface area contributed by atoms with Crippen molar-refractivity contribution in [1.82, 2.24) is 24.9 Å². The fraction of sp³-hybridized carbons (Fsp3) is 0.789. The van der Waals surface area contributed by atoms with Gasteiger partial charge in [0.2, 0.25) is 0 Å².